The SMILES string of the molecule is O=C(O)C1CCCN1C1CCN(C(=O)CC2CC2)CC1. The molecule has 2 heterocycles. The summed E-state index contributed by atoms with van der Waals surface area (Å²) in [5.41, 5.74) is 0. The molecule has 20 heavy (non-hydrogen) atoms. The van der Waals surface area contributed by atoms with Crippen LogP contribution in [-0.4, -0.2) is 58.5 Å². The molecular weight excluding hydrogens is 256 g/mol. The van der Waals surface area contributed by atoms with E-state index in [2.05, 4.69) is 4.90 Å². The largest absolute Gasteiger partial charge is 0.480 e. The van der Waals surface area contributed by atoms with Crippen molar-refractivity contribution < 1.29 is 14.7 Å². The maximum absolute atomic E-state index is 12.1. The lowest BCUT2D eigenvalue weighted by Gasteiger charge is -2.38. The summed E-state index contributed by atoms with van der Waals surface area (Å²) in [5.74, 6) is 0.270. The van der Waals surface area contributed by atoms with Crippen LogP contribution in [0.25, 0.3) is 0 Å². The van der Waals surface area contributed by atoms with Gasteiger partial charge < -0.3 is 10.0 Å². The molecule has 3 fully saturated rings. The summed E-state index contributed by atoms with van der Waals surface area (Å²) in [5, 5.41) is 9.25. The predicted octanol–water partition coefficient (Wildman–Crippen LogP) is 1.33. The molecule has 0 aromatic heterocycles. The maximum atomic E-state index is 12.1. The zero-order chi connectivity index (χ0) is 14.1. The Morgan fingerprint density at radius 1 is 1.00 bits per heavy atom. The van der Waals surface area contributed by atoms with Gasteiger partial charge in [-0.2, -0.15) is 0 Å². The lowest BCUT2D eigenvalue weighted by molar-refractivity contribution is -0.144. The molecule has 1 atom stereocenters. The molecule has 1 unspecified atom stereocenters. The van der Waals surface area contributed by atoms with Gasteiger partial charge in [-0.15, -0.1) is 0 Å². The monoisotopic (exact) mass is 280 g/mol. The fraction of sp³-hybridized carbons (Fsp3) is 0.867. The number of hydrogen-bond donors (Lipinski definition) is 1. The van der Waals surface area contributed by atoms with Crippen molar-refractivity contribution in [3.8, 4) is 0 Å². The van der Waals surface area contributed by atoms with Gasteiger partial charge in [0.15, 0.2) is 0 Å². The number of rotatable bonds is 4. The first-order valence-corrected chi connectivity index (χ1v) is 7.91. The Labute approximate surface area is 119 Å². The number of piperidine rings is 1. The van der Waals surface area contributed by atoms with Crippen LogP contribution < -0.4 is 0 Å². The number of carboxylic acid groups (broad SMARTS) is 1. The van der Waals surface area contributed by atoms with E-state index in [4.69, 9.17) is 0 Å². The second kappa shape index (κ2) is 5.72. The zero-order valence-corrected chi connectivity index (χ0v) is 12.0. The van der Waals surface area contributed by atoms with E-state index < -0.39 is 5.97 Å². The van der Waals surface area contributed by atoms with Crippen LogP contribution in [0.1, 0.15) is 44.9 Å². The van der Waals surface area contributed by atoms with Crippen molar-refractivity contribution in [2.24, 2.45) is 5.92 Å². The molecule has 0 aromatic rings. The summed E-state index contributed by atoms with van der Waals surface area (Å²) in [6.07, 6.45) is 6.78. The van der Waals surface area contributed by atoms with Crippen LogP contribution in [0.2, 0.25) is 0 Å². The van der Waals surface area contributed by atoms with Crippen LogP contribution in [0.3, 0.4) is 0 Å². The molecule has 3 aliphatic rings. The smallest absolute Gasteiger partial charge is 0.320 e. The van der Waals surface area contributed by atoms with Gasteiger partial charge in [0.1, 0.15) is 6.04 Å². The average Bonchev–Trinajstić information content (AvgIpc) is 3.11. The Morgan fingerprint density at radius 2 is 1.70 bits per heavy atom. The normalized spacial score (nSPS) is 28.8. The third-order valence-electron chi connectivity index (χ3n) is 5.03. The van der Waals surface area contributed by atoms with Crippen LogP contribution in [-0.2, 0) is 9.59 Å². The molecule has 112 valence electrons. The molecule has 0 bridgehead atoms. The average molecular weight is 280 g/mol. The van der Waals surface area contributed by atoms with E-state index in [1.807, 2.05) is 4.90 Å². The van der Waals surface area contributed by atoms with E-state index in [-0.39, 0.29) is 6.04 Å². The summed E-state index contributed by atoms with van der Waals surface area (Å²) < 4.78 is 0. The number of carboxylic acids is 1. The molecule has 5 nitrogen and oxygen atoms in total. The Hall–Kier alpha value is -1.10. The van der Waals surface area contributed by atoms with Crippen molar-refractivity contribution in [3.63, 3.8) is 0 Å². The summed E-state index contributed by atoms with van der Waals surface area (Å²) in [4.78, 5) is 27.5. The van der Waals surface area contributed by atoms with Crippen molar-refractivity contribution in [1.82, 2.24) is 9.80 Å². The molecule has 1 saturated carbocycles. The number of nitrogens with zero attached hydrogens (tertiary/aromatic N) is 2. The van der Waals surface area contributed by atoms with Gasteiger partial charge in [-0.3, -0.25) is 14.5 Å². The number of carbonyl (C=O) groups excluding carboxylic acids is 1. The zero-order valence-electron chi connectivity index (χ0n) is 12.0. The Bertz CT molecular complexity index is 387. The van der Waals surface area contributed by atoms with E-state index in [1.165, 1.54) is 12.8 Å². The number of carbonyl (C=O) groups is 2. The van der Waals surface area contributed by atoms with Gasteiger partial charge in [0.2, 0.25) is 5.91 Å². The summed E-state index contributed by atoms with van der Waals surface area (Å²) >= 11 is 0. The highest BCUT2D eigenvalue weighted by atomic mass is 16.4. The van der Waals surface area contributed by atoms with E-state index >= 15 is 0 Å². The summed E-state index contributed by atoms with van der Waals surface area (Å²) in [6.45, 7) is 2.51. The second-order valence-electron chi connectivity index (χ2n) is 6.49. The predicted molar refractivity (Wildman–Crippen MR) is 74.3 cm³/mol. The first kappa shape index (κ1) is 13.9. The molecule has 0 spiro atoms. The minimum absolute atomic E-state index is 0.297. The van der Waals surface area contributed by atoms with Crippen LogP contribution in [0, 0.1) is 5.92 Å². The molecule has 0 aromatic carbocycles. The molecule has 0 radical (unpaired) electrons. The highest BCUT2D eigenvalue weighted by Crippen LogP contribution is 2.33. The van der Waals surface area contributed by atoms with E-state index in [9.17, 15) is 14.7 Å². The Morgan fingerprint density at radius 3 is 2.30 bits per heavy atom. The van der Waals surface area contributed by atoms with Crippen molar-refractivity contribution in [2.75, 3.05) is 19.6 Å². The Kier molecular flexibility index (Phi) is 3.96. The number of aliphatic carboxylic acids is 1. The van der Waals surface area contributed by atoms with E-state index in [0.717, 1.165) is 51.7 Å². The summed E-state index contributed by atoms with van der Waals surface area (Å²) in [7, 11) is 0. The van der Waals surface area contributed by atoms with E-state index in [1.54, 1.807) is 0 Å². The van der Waals surface area contributed by atoms with Gasteiger partial charge >= 0.3 is 5.97 Å². The third-order valence-corrected chi connectivity index (χ3v) is 5.03. The van der Waals surface area contributed by atoms with Gasteiger partial charge in [0.05, 0.1) is 0 Å². The lowest BCUT2D eigenvalue weighted by atomic mass is 10.0. The van der Waals surface area contributed by atoms with Crippen LogP contribution in [0.15, 0.2) is 0 Å². The standard InChI is InChI=1S/C15H24N2O3/c18-14(10-11-3-4-11)16-8-5-12(6-9-16)17-7-1-2-13(17)15(19)20/h11-13H,1-10H2,(H,19,20). The van der Waals surface area contributed by atoms with Crippen molar-refractivity contribution >= 4 is 11.9 Å². The fourth-order valence-corrected chi connectivity index (χ4v) is 3.64. The third kappa shape index (κ3) is 2.97. The Balaban J connectivity index is 1.50. The van der Waals surface area contributed by atoms with Crippen LogP contribution in [0.4, 0.5) is 0 Å². The minimum Gasteiger partial charge on any atom is -0.480 e. The van der Waals surface area contributed by atoms with Gasteiger partial charge in [-0.25, -0.2) is 0 Å². The van der Waals surface area contributed by atoms with Crippen molar-refractivity contribution in [3.05, 3.63) is 0 Å². The molecule has 5 heteroatoms. The molecule has 3 rings (SSSR count). The molecule has 1 N–H and O–H groups in total. The molecule has 2 aliphatic heterocycles. The lowest BCUT2D eigenvalue weighted by Crippen LogP contribution is -2.50. The first-order chi connectivity index (χ1) is 9.65. The minimum atomic E-state index is -0.685. The topological polar surface area (TPSA) is 60.9 Å². The van der Waals surface area contributed by atoms with E-state index in [0.29, 0.717) is 17.9 Å². The molecule has 1 amide bonds. The molecular formula is C15H24N2O3. The molecule has 1 aliphatic carbocycles. The molecule has 2 saturated heterocycles. The highest BCUT2D eigenvalue weighted by Gasteiger charge is 2.37. The van der Waals surface area contributed by atoms with Gasteiger partial charge in [-0.05, 0) is 51.0 Å². The van der Waals surface area contributed by atoms with Crippen molar-refractivity contribution in [2.45, 2.75) is 57.0 Å². The van der Waals surface area contributed by atoms with Crippen LogP contribution >= 0.6 is 0 Å². The number of likely N-dealkylation sites (tertiary alicyclic amines) is 2. The van der Waals surface area contributed by atoms with Crippen molar-refractivity contribution in [1.29, 1.82) is 0 Å². The van der Waals surface area contributed by atoms with Gasteiger partial charge in [0.25, 0.3) is 0 Å². The fourth-order valence-electron chi connectivity index (χ4n) is 3.64. The highest BCUT2D eigenvalue weighted by molar-refractivity contribution is 5.77. The first-order valence-electron chi connectivity index (χ1n) is 7.91. The number of amides is 1. The quantitative estimate of drug-likeness (QED) is 0.844. The van der Waals surface area contributed by atoms with Crippen LogP contribution in [0.5, 0.6) is 0 Å². The summed E-state index contributed by atoms with van der Waals surface area (Å²) in [6, 6.07) is 0.0530. The van der Waals surface area contributed by atoms with Gasteiger partial charge in [-0.1, -0.05) is 0 Å². The van der Waals surface area contributed by atoms with Gasteiger partial charge in [0, 0.05) is 25.6 Å². The number of hydrogen-bond acceptors (Lipinski definition) is 3. The maximum Gasteiger partial charge on any atom is 0.320 e. The second-order valence-corrected chi connectivity index (χ2v) is 6.49.